The molecule has 0 unspecified atom stereocenters. The predicted molar refractivity (Wildman–Crippen MR) is 99.0 cm³/mol. The molecular formula is C20H26O3S. The molecule has 0 atom stereocenters. The molecule has 0 saturated carbocycles. The van der Waals surface area contributed by atoms with Crippen LogP contribution in [0, 0.1) is 0 Å². The standard InChI is InChI=1S/C20H26O3S/c1-2-3-4-5-6-10-15-24(22,23)20-16-18(21)13-14-19(20)17-11-8-7-9-12-17/h7-9,11-14,16,21H,2-6,10,15H2,1H3. The molecule has 2 rings (SSSR count). The molecule has 2 aromatic rings. The SMILES string of the molecule is CCCCCCCCS(=O)(=O)c1cc(O)ccc1-c1ccccc1. The van der Waals surface area contributed by atoms with Crippen LogP contribution in [0.1, 0.15) is 45.4 Å². The molecule has 0 spiro atoms. The molecule has 130 valence electrons. The van der Waals surface area contributed by atoms with Gasteiger partial charge in [0.05, 0.1) is 10.6 Å². The maximum atomic E-state index is 12.8. The number of phenolic OH excluding ortho intramolecular Hbond substituents is 1. The molecule has 0 saturated heterocycles. The lowest BCUT2D eigenvalue weighted by atomic mass is 10.1. The minimum Gasteiger partial charge on any atom is -0.508 e. The Labute approximate surface area is 145 Å². The topological polar surface area (TPSA) is 54.4 Å². The highest BCUT2D eigenvalue weighted by Gasteiger charge is 2.20. The van der Waals surface area contributed by atoms with Gasteiger partial charge in [-0.1, -0.05) is 69.4 Å². The molecule has 1 N–H and O–H groups in total. The number of sulfone groups is 1. The second-order valence-corrected chi connectivity index (χ2v) is 8.21. The Morgan fingerprint density at radius 2 is 1.54 bits per heavy atom. The van der Waals surface area contributed by atoms with E-state index in [1.54, 1.807) is 6.07 Å². The number of benzene rings is 2. The third-order valence-electron chi connectivity index (χ3n) is 4.15. The first kappa shape index (κ1) is 18.5. The average Bonchev–Trinajstić information content (AvgIpc) is 2.59. The van der Waals surface area contributed by atoms with Gasteiger partial charge in [0.2, 0.25) is 0 Å². The lowest BCUT2D eigenvalue weighted by molar-refractivity contribution is 0.473. The summed E-state index contributed by atoms with van der Waals surface area (Å²) >= 11 is 0. The summed E-state index contributed by atoms with van der Waals surface area (Å²) in [6, 6.07) is 14.0. The van der Waals surface area contributed by atoms with Crippen molar-refractivity contribution in [2.24, 2.45) is 0 Å². The summed E-state index contributed by atoms with van der Waals surface area (Å²) in [4.78, 5) is 0.224. The highest BCUT2D eigenvalue weighted by Crippen LogP contribution is 2.31. The van der Waals surface area contributed by atoms with Crippen LogP contribution < -0.4 is 0 Å². The van der Waals surface area contributed by atoms with Gasteiger partial charge in [-0.2, -0.15) is 0 Å². The Kier molecular flexibility index (Phi) is 6.85. The summed E-state index contributed by atoms with van der Waals surface area (Å²) in [5.41, 5.74) is 1.50. The van der Waals surface area contributed by atoms with Crippen molar-refractivity contribution in [1.29, 1.82) is 0 Å². The first-order valence-corrected chi connectivity index (χ1v) is 10.3. The van der Waals surface area contributed by atoms with Crippen LogP contribution in [-0.4, -0.2) is 19.3 Å². The lowest BCUT2D eigenvalue weighted by Gasteiger charge is -2.11. The van der Waals surface area contributed by atoms with Gasteiger partial charge in [0.25, 0.3) is 0 Å². The summed E-state index contributed by atoms with van der Waals surface area (Å²) in [5, 5.41) is 9.75. The fourth-order valence-corrected chi connectivity index (χ4v) is 4.43. The first-order valence-electron chi connectivity index (χ1n) is 8.66. The predicted octanol–water partition coefficient (Wildman–Crippen LogP) is 5.19. The minimum atomic E-state index is -3.41. The Morgan fingerprint density at radius 1 is 0.875 bits per heavy atom. The zero-order valence-corrected chi connectivity index (χ0v) is 15.1. The minimum absolute atomic E-state index is 0.0174. The van der Waals surface area contributed by atoms with Crippen molar-refractivity contribution >= 4 is 9.84 Å². The molecule has 4 heteroatoms. The molecular weight excluding hydrogens is 320 g/mol. The van der Waals surface area contributed by atoms with Crippen molar-refractivity contribution in [3.05, 3.63) is 48.5 Å². The van der Waals surface area contributed by atoms with Crippen molar-refractivity contribution < 1.29 is 13.5 Å². The van der Waals surface area contributed by atoms with E-state index in [4.69, 9.17) is 0 Å². The highest BCUT2D eigenvalue weighted by molar-refractivity contribution is 7.91. The molecule has 0 bridgehead atoms. The first-order chi connectivity index (χ1) is 11.5. The van der Waals surface area contributed by atoms with Crippen LogP contribution in [0.15, 0.2) is 53.4 Å². The number of rotatable bonds is 9. The highest BCUT2D eigenvalue weighted by atomic mass is 32.2. The molecule has 0 amide bonds. The van der Waals surface area contributed by atoms with Gasteiger partial charge in [0, 0.05) is 5.56 Å². The van der Waals surface area contributed by atoms with Crippen molar-refractivity contribution in [2.75, 3.05) is 5.75 Å². The normalized spacial score (nSPS) is 11.5. The van der Waals surface area contributed by atoms with E-state index in [1.165, 1.54) is 25.0 Å². The molecule has 3 nitrogen and oxygen atoms in total. The fourth-order valence-electron chi connectivity index (χ4n) is 2.81. The molecule has 0 fully saturated rings. The molecule has 0 aliphatic carbocycles. The van der Waals surface area contributed by atoms with Gasteiger partial charge in [-0.05, 0) is 30.2 Å². The van der Waals surface area contributed by atoms with Crippen molar-refractivity contribution in [3.63, 3.8) is 0 Å². The second-order valence-electron chi connectivity index (χ2n) is 6.13. The van der Waals surface area contributed by atoms with E-state index < -0.39 is 9.84 Å². The van der Waals surface area contributed by atoms with Crippen LogP contribution in [0.4, 0.5) is 0 Å². The molecule has 0 radical (unpaired) electrons. The van der Waals surface area contributed by atoms with E-state index in [9.17, 15) is 13.5 Å². The van der Waals surface area contributed by atoms with E-state index in [2.05, 4.69) is 6.92 Å². The molecule has 0 aromatic heterocycles. The second kappa shape index (κ2) is 8.88. The van der Waals surface area contributed by atoms with Gasteiger partial charge in [-0.25, -0.2) is 8.42 Å². The summed E-state index contributed by atoms with van der Waals surface area (Å²) in [5.74, 6) is 0.110. The van der Waals surface area contributed by atoms with Gasteiger partial charge in [0.15, 0.2) is 9.84 Å². The lowest BCUT2D eigenvalue weighted by Crippen LogP contribution is -2.08. The quantitative estimate of drug-likeness (QED) is 0.635. The summed E-state index contributed by atoms with van der Waals surface area (Å²) in [7, 11) is -3.41. The monoisotopic (exact) mass is 346 g/mol. The molecule has 0 aliphatic rings. The van der Waals surface area contributed by atoms with Crippen LogP contribution in [0.3, 0.4) is 0 Å². The molecule has 0 aliphatic heterocycles. The maximum absolute atomic E-state index is 12.8. The average molecular weight is 346 g/mol. The zero-order chi connectivity index (χ0) is 17.4. The molecule has 24 heavy (non-hydrogen) atoms. The molecule has 0 heterocycles. The van der Waals surface area contributed by atoms with Gasteiger partial charge in [-0.15, -0.1) is 0 Å². The van der Waals surface area contributed by atoms with E-state index >= 15 is 0 Å². The van der Waals surface area contributed by atoms with E-state index in [1.807, 2.05) is 30.3 Å². The van der Waals surface area contributed by atoms with Gasteiger partial charge < -0.3 is 5.11 Å². The van der Waals surface area contributed by atoms with Crippen LogP contribution in [-0.2, 0) is 9.84 Å². The van der Waals surface area contributed by atoms with Crippen LogP contribution in [0.25, 0.3) is 11.1 Å². The molecule has 2 aromatic carbocycles. The Hall–Kier alpha value is -1.81. The van der Waals surface area contributed by atoms with Crippen molar-refractivity contribution in [1.82, 2.24) is 0 Å². The van der Waals surface area contributed by atoms with Crippen LogP contribution in [0.2, 0.25) is 0 Å². The zero-order valence-electron chi connectivity index (χ0n) is 14.2. The van der Waals surface area contributed by atoms with Gasteiger partial charge >= 0.3 is 0 Å². The summed E-state index contributed by atoms with van der Waals surface area (Å²) in [6.07, 6.45) is 6.22. The Balaban J connectivity index is 2.16. The maximum Gasteiger partial charge on any atom is 0.179 e. The van der Waals surface area contributed by atoms with Crippen LogP contribution in [0.5, 0.6) is 5.75 Å². The third kappa shape index (κ3) is 5.10. The van der Waals surface area contributed by atoms with Crippen molar-refractivity contribution in [3.8, 4) is 16.9 Å². The van der Waals surface area contributed by atoms with Gasteiger partial charge in [-0.3, -0.25) is 0 Å². The summed E-state index contributed by atoms with van der Waals surface area (Å²) < 4.78 is 25.5. The number of hydrogen-bond acceptors (Lipinski definition) is 3. The third-order valence-corrected chi connectivity index (χ3v) is 5.99. The number of unbranched alkanes of at least 4 members (excludes halogenated alkanes) is 5. The largest absolute Gasteiger partial charge is 0.508 e. The Bertz CT molecular complexity index is 737. The Morgan fingerprint density at radius 3 is 2.25 bits per heavy atom. The van der Waals surface area contributed by atoms with Crippen LogP contribution >= 0.6 is 0 Å². The smallest absolute Gasteiger partial charge is 0.179 e. The number of aromatic hydroxyl groups is 1. The summed E-state index contributed by atoms with van der Waals surface area (Å²) in [6.45, 7) is 2.16. The van der Waals surface area contributed by atoms with Crippen molar-refractivity contribution in [2.45, 2.75) is 50.3 Å². The number of hydrogen-bond donors (Lipinski definition) is 1. The number of phenols is 1. The van der Waals surface area contributed by atoms with E-state index in [-0.39, 0.29) is 16.4 Å². The van der Waals surface area contributed by atoms with Gasteiger partial charge in [0.1, 0.15) is 5.75 Å². The van der Waals surface area contributed by atoms with E-state index in [0.717, 1.165) is 24.8 Å². The van der Waals surface area contributed by atoms with E-state index in [0.29, 0.717) is 12.0 Å². The fraction of sp³-hybridized carbons (Fsp3) is 0.400.